The van der Waals surface area contributed by atoms with E-state index in [1.54, 1.807) is 4.68 Å². The highest BCUT2D eigenvalue weighted by atomic mass is 79.9. The van der Waals surface area contributed by atoms with Crippen LogP contribution in [-0.2, 0) is 0 Å². The molecule has 5 nitrogen and oxygen atoms in total. The van der Waals surface area contributed by atoms with Crippen LogP contribution in [0.2, 0.25) is 0 Å². The molecule has 0 aromatic carbocycles. The Labute approximate surface area is 139 Å². The third-order valence-electron chi connectivity index (χ3n) is 4.15. The van der Waals surface area contributed by atoms with Gasteiger partial charge in [0.2, 0.25) is 0 Å². The second-order valence-electron chi connectivity index (χ2n) is 6.09. The predicted molar refractivity (Wildman–Crippen MR) is 91.6 cm³/mol. The van der Waals surface area contributed by atoms with Crippen molar-refractivity contribution < 1.29 is 0 Å². The summed E-state index contributed by atoms with van der Waals surface area (Å²) in [6, 6.07) is 2.54. The first-order chi connectivity index (χ1) is 10.5. The Hall–Kier alpha value is -1.43. The van der Waals surface area contributed by atoms with Gasteiger partial charge >= 0.3 is 0 Å². The van der Waals surface area contributed by atoms with E-state index in [0.29, 0.717) is 12.0 Å². The van der Waals surface area contributed by atoms with Crippen LogP contribution in [0.25, 0.3) is 5.95 Å². The average Bonchev–Trinajstić information content (AvgIpc) is 2.83. The Bertz CT molecular complexity index is 673. The number of hydrogen-bond donors (Lipinski definition) is 1. The lowest BCUT2D eigenvalue weighted by Crippen LogP contribution is -2.24. The molecule has 0 spiro atoms. The third-order valence-corrected chi connectivity index (χ3v) is 5.10. The van der Waals surface area contributed by atoms with E-state index >= 15 is 0 Å². The molecule has 1 saturated carbocycles. The van der Waals surface area contributed by atoms with E-state index < -0.39 is 0 Å². The Morgan fingerprint density at radius 3 is 2.50 bits per heavy atom. The Morgan fingerprint density at radius 2 is 1.86 bits per heavy atom. The van der Waals surface area contributed by atoms with Crippen LogP contribution in [0.15, 0.2) is 10.5 Å². The molecule has 1 N–H and O–H groups in total. The molecule has 2 aromatic rings. The highest BCUT2D eigenvalue weighted by Crippen LogP contribution is 2.28. The van der Waals surface area contributed by atoms with Crippen LogP contribution in [0.3, 0.4) is 0 Å². The number of nitrogens with one attached hydrogen (secondary N) is 1. The maximum Gasteiger partial charge on any atom is 0.253 e. The quantitative estimate of drug-likeness (QED) is 0.891. The molecule has 3 rings (SSSR count). The number of aromatic nitrogens is 4. The van der Waals surface area contributed by atoms with Crippen LogP contribution < -0.4 is 5.32 Å². The SMILES string of the molecule is Cc1cc(C)n(-c2nc(C)c(Br)c(NC3CCCCC3)n2)n1. The minimum absolute atomic E-state index is 0.507. The molecule has 0 aliphatic heterocycles. The van der Waals surface area contributed by atoms with Crippen LogP contribution in [0.5, 0.6) is 0 Å². The summed E-state index contributed by atoms with van der Waals surface area (Å²) < 4.78 is 2.75. The summed E-state index contributed by atoms with van der Waals surface area (Å²) in [4.78, 5) is 9.28. The van der Waals surface area contributed by atoms with Gasteiger partial charge in [0.15, 0.2) is 0 Å². The fourth-order valence-corrected chi connectivity index (χ4v) is 3.30. The zero-order valence-corrected chi connectivity index (χ0v) is 14.9. The minimum Gasteiger partial charge on any atom is -0.366 e. The van der Waals surface area contributed by atoms with Crippen LogP contribution in [-0.4, -0.2) is 25.8 Å². The van der Waals surface area contributed by atoms with Crippen molar-refractivity contribution >= 4 is 21.7 Å². The van der Waals surface area contributed by atoms with Crippen molar-refractivity contribution in [1.82, 2.24) is 19.7 Å². The molecule has 22 heavy (non-hydrogen) atoms. The van der Waals surface area contributed by atoms with E-state index in [1.807, 2.05) is 26.8 Å². The topological polar surface area (TPSA) is 55.6 Å². The van der Waals surface area contributed by atoms with Gasteiger partial charge in [-0.3, -0.25) is 0 Å². The van der Waals surface area contributed by atoms with E-state index in [9.17, 15) is 0 Å². The van der Waals surface area contributed by atoms with Gasteiger partial charge in [-0.2, -0.15) is 10.1 Å². The van der Waals surface area contributed by atoms with Crippen LogP contribution in [0, 0.1) is 20.8 Å². The first-order valence-electron chi connectivity index (χ1n) is 7.89. The zero-order chi connectivity index (χ0) is 15.7. The van der Waals surface area contributed by atoms with Crippen molar-refractivity contribution in [3.05, 3.63) is 27.6 Å². The molecule has 2 aromatic heterocycles. The molecule has 0 amide bonds. The third kappa shape index (κ3) is 3.16. The molecule has 2 heterocycles. The molecular weight excluding hydrogens is 342 g/mol. The predicted octanol–water partition coefficient (Wildman–Crippen LogP) is 4.09. The summed E-state index contributed by atoms with van der Waals surface area (Å²) in [5.41, 5.74) is 2.95. The lowest BCUT2D eigenvalue weighted by molar-refractivity contribution is 0.461. The monoisotopic (exact) mass is 363 g/mol. The van der Waals surface area contributed by atoms with E-state index in [-0.39, 0.29) is 0 Å². The van der Waals surface area contributed by atoms with Crippen LogP contribution in [0.4, 0.5) is 5.82 Å². The van der Waals surface area contributed by atoms with Gasteiger partial charge in [-0.05, 0) is 55.6 Å². The number of nitrogens with zero attached hydrogens (tertiary/aromatic N) is 4. The maximum atomic E-state index is 4.70. The maximum absolute atomic E-state index is 4.70. The average molecular weight is 364 g/mol. The molecular formula is C16H22BrN5. The standard InChI is InChI=1S/C16H22BrN5/c1-10-9-11(2)22(21-10)16-18-12(3)14(17)15(20-16)19-13-7-5-4-6-8-13/h9,13H,4-8H2,1-3H3,(H,18,19,20). The molecule has 0 atom stereocenters. The highest BCUT2D eigenvalue weighted by Gasteiger charge is 2.18. The molecule has 0 radical (unpaired) electrons. The fourth-order valence-electron chi connectivity index (χ4n) is 3.01. The summed E-state index contributed by atoms with van der Waals surface area (Å²) in [7, 11) is 0. The van der Waals surface area contributed by atoms with E-state index in [1.165, 1.54) is 32.1 Å². The lowest BCUT2D eigenvalue weighted by atomic mass is 9.95. The zero-order valence-electron chi connectivity index (χ0n) is 13.4. The van der Waals surface area contributed by atoms with Gasteiger partial charge in [0, 0.05) is 11.7 Å². The van der Waals surface area contributed by atoms with Gasteiger partial charge in [0.1, 0.15) is 5.82 Å². The van der Waals surface area contributed by atoms with Gasteiger partial charge < -0.3 is 5.32 Å². The Morgan fingerprint density at radius 1 is 1.14 bits per heavy atom. The van der Waals surface area contributed by atoms with Gasteiger partial charge in [-0.1, -0.05) is 19.3 Å². The molecule has 1 aliphatic carbocycles. The van der Waals surface area contributed by atoms with Crippen LogP contribution in [0.1, 0.15) is 49.2 Å². The minimum atomic E-state index is 0.507. The van der Waals surface area contributed by atoms with Crippen molar-refractivity contribution in [3.8, 4) is 5.95 Å². The van der Waals surface area contributed by atoms with Crippen molar-refractivity contribution in [1.29, 1.82) is 0 Å². The first kappa shape index (κ1) is 15.5. The largest absolute Gasteiger partial charge is 0.366 e. The van der Waals surface area contributed by atoms with E-state index in [2.05, 4.69) is 31.3 Å². The summed E-state index contributed by atoms with van der Waals surface area (Å²) in [5.74, 6) is 1.51. The lowest BCUT2D eigenvalue weighted by Gasteiger charge is -2.24. The molecule has 118 valence electrons. The second kappa shape index (κ2) is 6.36. The summed E-state index contributed by atoms with van der Waals surface area (Å²) in [5, 5.41) is 8.08. The number of halogens is 1. The molecule has 1 fully saturated rings. The van der Waals surface area contributed by atoms with Gasteiger partial charge in [0.25, 0.3) is 5.95 Å². The fraction of sp³-hybridized carbons (Fsp3) is 0.562. The van der Waals surface area contributed by atoms with Gasteiger partial charge in [0.05, 0.1) is 15.9 Å². The molecule has 0 unspecified atom stereocenters. The van der Waals surface area contributed by atoms with Gasteiger partial charge in [-0.15, -0.1) is 0 Å². The summed E-state index contributed by atoms with van der Waals surface area (Å²) >= 11 is 3.62. The number of hydrogen-bond acceptors (Lipinski definition) is 4. The second-order valence-corrected chi connectivity index (χ2v) is 6.88. The van der Waals surface area contributed by atoms with Crippen LogP contribution >= 0.6 is 15.9 Å². The summed E-state index contributed by atoms with van der Waals surface area (Å²) in [6.45, 7) is 6.00. The number of anilines is 1. The Kier molecular flexibility index (Phi) is 4.47. The Balaban J connectivity index is 1.94. The van der Waals surface area contributed by atoms with Crippen molar-refractivity contribution in [2.75, 3.05) is 5.32 Å². The molecule has 0 saturated heterocycles. The number of rotatable bonds is 3. The van der Waals surface area contributed by atoms with E-state index in [4.69, 9.17) is 4.98 Å². The molecule has 0 bridgehead atoms. The smallest absolute Gasteiger partial charge is 0.253 e. The van der Waals surface area contributed by atoms with Crippen molar-refractivity contribution in [2.45, 2.75) is 58.9 Å². The first-order valence-corrected chi connectivity index (χ1v) is 8.68. The van der Waals surface area contributed by atoms with Crippen molar-refractivity contribution in [3.63, 3.8) is 0 Å². The van der Waals surface area contributed by atoms with Gasteiger partial charge in [-0.25, -0.2) is 9.67 Å². The molecule has 6 heteroatoms. The highest BCUT2D eigenvalue weighted by molar-refractivity contribution is 9.10. The van der Waals surface area contributed by atoms with Crippen molar-refractivity contribution in [2.24, 2.45) is 0 Å². The normalized spacial score (nSPS) is 16.0. The number of aryl methyl sites for hydroxylation is 3. The summed E-state index contributed by atoms with van der Waals surface area (Å²) in [6.07, 6.45) is 6.36. The van der Waals surface area contributed by atoms with E-state index in [0.717, 1.165) is 27.4 Å². The molecule has 1 aliphatic rings.